The van der Waals surface area contributed by atoms with E-state index in [1.54, 1.807) is 48.3 Å². The van der Waals surface area contributed by atoms with Gasteiger partial charge in [0.1, 0.15) is 5.75 Å². The van der Waals surface area contributed by atoms with Gasteiger partial charge in [0.05, 0.1) is 11.4 Å². The molecule has 0 spiro atoms. The van der Waals surface area contributed by atoms with Crippen LogP contribution in [0.4, 0.5) is 5.69 Å². The molecule has 1 N–H and O–H groups in total. The molecule has 4 rings (SSSR count). The summed E-state index contributed by atoms with van der Waals surface area (Å²) in [5, 5.41) is 11.1. The second kappa shape index (κ2) is 8.42. The number of benzene rings is 2. The topological polar surface area (TPSA) is 94.8 Å². The molecule has 9 heteroatoms. The van der Waals surface area contributed by atoms with Gasteiger partial charge in [-0.05, 0) is 61.9 Å². The number of aryl methyl sites for hydroxylation is 1. The van der Waals surface area contributed by atoms with Crippen LogP contribution < -0.4 is 10.1 Å². The number of aromatic nitrogens is 5. The molecule has 150 valence electrons. The Kier molecular flexibility index (Phi) is 5.53. The minimum atomic E-state index is -0.336. The monoisotopic (exact) mass is 464 g/mol. The van der Waals surface area contributed by atoms with Crippen LogP contribution in [0.5, 0.6) is 11.8 Å². The number of carbonyl (C=O) groups excluding carboxylic acids is 1. The largest absolute Gasteiger partial charge is 0.424 e. The number of nitrogens with zero attached hydrogens (tertiary/aromatic N) is 5. The Morgan fingerprint density at radius 1 is 1.07 bits per heavy atom. The summed E-state index contributed by atoms with van der Waals surface area (Å²) in [6.45, 7) is 3.68. The molecule has 0 saturated heterocycles. The van der Waals surface area contributed by atoms with Gasteiger partial charge in [-0.25, -0.2) is 14.6 Å². The molecule has 0 saturated carbocycles. The predicted molar refractivity (Wildman–Crippen MR) is 115 cm³/mol. The van der Waals surface area contributed by atoms with Crippen molar-refractivity contribution in [2.24, 2.45) is 0 Å². The number of halogens is 1. The lowest BCUT2D eigenvalue weighted by Crippen LogP contribution is -2.15. The van der Waals surface area contributed by atoms with Gasteiger partial charge in [-0.3, -0.25) is 4.79 Å². The summed E-state index contributed by atoms with van der Waals surface area (Å²) in [5.74, 6) is 0.241. The van der Waals surface area contributed by atoms with E-state index >= 15 is 0 Å². The van der Waals surface area contributed by atoms with Crippen molar-refractivity contribution in [3.63, 3.8) is 0 Å². The normalized spacial score (nSPS) is 10.6. The van der Waals surface area contributed by atoms with Gasteiger partial charge < -0.3 is 10.1 Å². The minimum Gasteiger partial charge on any atom is -0.424 e. The summed E-state index contributed by atoms with van der Waals surface area (Å²) in [6.07, 6.45) is 3.21. The van der Waals surface area contributed by atoms with Crippen LogP contribution in [0, 0.1) is 13.8 Å². The van der Waals surface area contributed by atoms with Crippen LogP contribution in [-0.4, -0.2) is 30.9 Å². The van der Waals surface area contributed by atoms with Crippen molar-refractivity contribution in [3.8, 4) is 17.4 Å². The molecule has 0 aliphatic carbocycles. The van der Waals surface area contributed by atoms with Crippen LogP contribution in [0.1, 0.15) is 21.7 Å². The van der Waals surface area contributed by atoms with Gasteiger partial charge in [-0.2, -0.15) is 0 Å². The van der Waals surface area contributed by atoms with Crippen molar-refractivity contribution in [1.82, 2.24) is 25.0 Å². The van der Waals surface area contributed by atoms with Crippen molar-refractivity contribution in [3.05, 3.63) is 82.3 Å². The molecule has 0 unspecified atom stereocenters. The number of amides is 1. The lowest BCUT2D eigenvalue weighted by molar-refractivity contribution is 0.102. The summed E-state index contributed by atoms with van der Waals surface area (Å²) < 4.78 is 8.17. The highest BCUT2D eigenvalue weighted by molar-refractivity contribution is 9.10. The molecular formula is C21H17BrN6O2. The number of hydrogen-bond donors (Lipinski definition) is 1. The first-order valence-electron chi connectivity index (χ1n) is 9.06. The molecule has 0 radical (unpaired) electrons. The third-order valence-corrected chi connectivity index (χ3v) is 4.85. The third-order valence-electron chi connectivity index (χ3n) is 4.36. The van der Waals surface area contributed by atoms with Crippen LogP contribution in [0.15, 0.2) is 65.4 Å². The molecule has 2 aromatic heterocycles. The quantitative estimate of drug-likeness (QED) is 0.467. The first kappa shape index (κ1) is 19.7. The zero-order valence-electron chi connectivity index (χ0n) is 16.2. The Morgan fingerprint density at radius 2 is 1.87 bits per heavy atom. The van der Waals surface area contributed by atoms with Gasteiger partial charge >= 0.3 is 6.01 Å². The van der Waals surface area contributed by atoms with E-state index in [0.717, 1.165) is 15.7 Å². The smallest absolute Gasteiger partial charge is 0.321 e. The highest BCUT2D eigenvalue weighted by Gasteiger charge is 2.18. The maximum atomic E-state index is 12.8. The van der Waals surface area contributed by atoms with Crippen LogP contribution >= 0.6 is 15.9 Å². The second-order valence-corrected chi connectivity index (χ2v) is 7.40. The van der Waals surface area contributed by atoms with E-state index in [0.29, 0.717) is 17.1 Å². The molecule has 1 amide bonds. The van der Waals surface area contributed by atoms with E-state index in [1.807, 2.05) is 31.2 Å². The van der Waals surface area contributed by atoms with E-state index in [2.05, 4.69) is 41.5 Å². The fraction of sp³-hybridized carbons (Fsp3) is 0.0952. The molecule has 8 nitrogen and oxygen atoms in total. The summed E-state index contributed by atoms with van der Waals surface area (Å²) in [5.41, 5.74) is 3.19. The molecule has 0 aliphatic heterocycles. The molecule has 0 aliphatic rings. The number of nitrogens with one attached hydrogen (secondary N) is 1. The van der Waals surface area contributed by atoms with Crippen LogP contribution in [0.2, 0.25) is 0 Å². The Labute approximate surface area is 181 Å². The zero-order valence-corrected chi connectivity index (χ0v) is 17.8. The second-order valence-electron chi connectivity index (χ2n) is 6.48. The molecule has 0 bridgehead atoms. The van der Waals surface area contributed by atoms with E-state index in [4.69, 9.17) is 4.74 Å². The van der Waals surface area contributed by atoms with Crippen LogP contribution in [-0.2, 0) is 0 Å². The average molecular weight is 465 g/mol. The zero-order chi connectivity index (χ0) is 21.1. The molecule has 2 heterocycles. The van der Waals surface area contributed by atoms with Crippen molar-refractivity contribution < 1.29 is 9.53 Å². The van der Waals surface area contributed by atoms with Crippen molar-refractivity contribution in [1.29, 1.82) is 0 Å². The molecule has 0 atom stereocenters. The van der Waals surface area contributed by atoms with Gasteiger partial charge in [0.2, 0.25) is 0 Å². The van der Waals surface area contributed by atoms with Gasteiger partial charge in [0.25, 0.3) is 5.91 Å². The fourth-order valence-corrected chi connectivity index (χ4v) is 3.24. The minimum absolute atomic E-state index is 0.257. The summed E-state index contributed by atoms with van der Waals surface area (Å²) in [6, 6.07) is 14.9. The molecule has 2 aromatic carbocycles. The standard InChI is InChI=1S/C21H17BrN6O2/c1-13-11-17(30-21-23-9-4-10-24-21)7-8-18(13)25-20(29)19-14(2)28(27-26-19)16-6-3-5-15(22)12-16/h3-12H,1-2H3,(H,25,29). The maximum absolute atomic E-state index is 12.8. The SMILES string of the molecule is Cc1cc(Oc2ncccn2)ccc1NC(=O)c1nnn(-c2cccc(Br)c2)c1C. The fourth-order valence-electron chi connectivity index (χ4n) is 2.86. The lowest BCUT2D eigenvalue weighted by atomic mass is 10.2. The lowest BCUT2D eigenvalue weighted by Gasteiger charge is -2.10. The Bertz CT molecular complexity index is 1210. The van der Waals surface area contributed by atoms with Crippen molar-refractivity contribution in [2.75, 3.05) is 5.32 Å². The molecular weight excluding hydrogens is 448 g/mol. The molecule has 0 fully saturated rings. The highest BCUT2D eigenvalue weighted by Crippen LogP contribution is 2.25. The molecule has 30 heavy (non-hydrogen) atoms. The average Bonchev–Trinajstić information content (AvgIpc) is 3.12. The number of rotatable bonds is 5. The van der Waals surface area contributed by atoms with E-state index < -0.39 is 0 Å². The predicted octanol–water partition coefficient (Wildman–Crippen LogP) is 4.48. The van der Waals surface area contributed by atoms with Crippen LogP contribution in [0.25, 0.3) is 5.69 Å². The van der Waals surface area contributed by atoms with Crippen LogP contribution in [0.3, 0.4) is 0 Å². The van der Waals surface area contributed by atoms with Gasteiger partial charge in [-0.1, -0.05) is 27.2 Å². The Balaban J connectivity index is 1.52. The Hall–Kier alpha value is -3.59. The van der Waals surface area contributed by atoms with Gasteiger partial charge in [-0.15, -0.1) is 5.10 Å². The van der Waals surface area contributed by atoms with E-state index in [9.17, 15) is 4.79 Å². The van der Waals surface area contributed by atoms with E-state index in [-0.39, 0.29) is 17.6 Å². The first-order chi connectivity index (χ1) is 14.5. The summed E-state index contributed by atoms with van der Waals surface area (Å²) in [4.78, 5) is 20.9. The number of carbonyl (C=O) groups is 1. The number of anilines is 1. The highest BCUT2D eigenvalue weighted by atomic mass is 79.9. The number of hydrogen-bond acceptors (Lipinski definition) is 6. The Morgan fingerprint density at radius 3 is 2.60 bits per heavy atom. The maximum Gasteiger partial charge on any atom is 0.321 e. The van der Waals surface area contributed by atoms with Crippen molar-refractivity contribution >= 4 is 27.5 Å². The third kappa shape index (κ3) is 4.20. The van der Waals surface area contributed by atoms with E-state index in [1.165, 1.54) is 0 Å². The summed E-state index contributed by atoms with van der Waals surface area (Å²) in [7, 11) is 0. The van der Waals surface area contributed by atoms with Crippen molar-refractivity contribution in [2.45, 2.75) is 13.8 Å². The van der Waals surface area contributed by atoms with Gasteiger partial charge in [0, 0.05) is 22.6 Å². The first-order valence-corrected chi connectivity index (χ1v) is 9.85. The summed E-state index contributed by atoms with van der Waals surface area (Å²) >= 11 is 3.44. The number of ether oxygens (including phenoxy) is 1. The molecule has 4 aromatic rings. The van der Waals surface area contributed by atoms with Gasteiger partial charge in [0.15, 0.2) is 5.69 Å².